The number of ether oxygens (including phenoxy) is 6. The van der Waals surface area contributed by atoms with Crippen molar-refractivity contribution < 1.29 is 38.0 Å². The van der Waals surface area contributed by atoms with Crippen LogP contribution in [0.15, 0.2) is 6.07 Å². The van der Waals surface area contributed by atoms with Crippen LogP contribution in [0.25, 0.3) is 0 Å². The Hall–Kier alpha value is -3.02. The number of hydrogen-bond acceptors (Lipinski definition) is 11. The molecule has 1 N–H and O–H groups in total. The summed E-state index contributed by atoms with van der Waals surface area (Å²) in [6.07, 6.45) is 0.438. The number of nitrogens with one attached hydrogen (secondary N) is 1. The van der Waals surface area contributed by atoms with Gasteiger partial charge in [0.25, 0.3) is 0 Å². The minimum absolute atomic E-state index is 0.117. The summed E-state index contributed by atoms with van der Waals surface area (Å²) in [5, 5.41) is 3.96. The summed E-state index contributed by atoms with van der Waals surface area (Å²) in [6, 6.07) is 1.97. The van der Waals surface area contributed by atoms with Crippen molar-refractivity contribution in [2.45, 2.75) is 19.5 Å². The predicted octanol–water partition coefficient (Wildman–Crippen LogP) is 2.98. The summed E-state index contributed by atoms with van der Waals surface area (Å²) in [6.45, 7) is 3.00. The predicted molar refractivity (Wildman–Crippen MR) is 124 cm³/mol. The number of hydrogen-bond donors (Lipinski definition) is 1. The topological polar surface area (TPSA) is 105 Å². The highest BCUT2D eigenvalue weighted by atomic mass is 32.1. The summed E-state index contributed by atoms with van der Waals surface area (Å²) in [5.41, 5.74) is 2.75. The molecule has 1 aromatic carbocycles. The molecule has 2 aliphatic heterocycles. The Morgan fingerprint density at radius 2 is 2.00 bits per heavy atom. The van der Waals surface area contributed by atoms with Crippen LogP contribution in [0.2, 0.25) is 0 Å². The van der Waals surface area contributed by atoms with E-state index in [1.54, 1.807) is 14.0 Å². The number of methoxy groups -OCH3 is 3. The lowest BCUT2D eigenvalue weighted by Gasteiger charge is -2.36. The number of carbonyl (C=O) groups excluding carboxylic acids is 2. The number of likely N-dealkylation sites (N-methyl/N-ethyl adjacent to an activating group) is 1. The second kappa shape index (κ2) is 10.1. The molecule has 11 heteroatoms. The molecule has 34 heavy (non-hydrogen) atoms. The highest BCUT2D eigenvalue weighted by Crippen LogP contribution is 2.50. The normalized spacial score (nSPS) is 16.7. The minimum Gasteiger partial charge on any atom is -0.492 e. The highest BCUT2D eigenvalue weighted by molar-refractivity contribution is 7.18. The lowest BCUT2D eigenvalue weighted by atomic mass is 9.95. The lowest BCUT2D eigenvalue weighted by Crippen LogP contribution is -2.37. The quantitative estimate of drug-likeness (QED) is 0.437. The molecule has 0 spiro atoms. The maximum atomic E-state index is 12.7. The Labute approximate surface area is 201 Å². The van der Waals surface area contributed by atoms with Crippen LogP contribution in [-0.2, 0) is 20.6 Å². The van der Waals surface area contributed by atoms with Crippen molar-refractivity contribution in [2.75, 3.05) is 60.2 Å². The largest absolute Gasteiger partial charge is 0.492 e. The van der Waals surface area contributed by atoms with E-state index in [4.69, 9.17) is 28.4 Å². The van der Waals surface area contributed by atoms with Crippen LogP contribution in [0, 0.1) is 6.92 Å². The number of esters is 2. The van der Waals surface area contributed by atoms with E-state index < -0.39 is 11.9 Å². The van der Waals surface area contributed by atoms with Gasteiger partial charge in [-0.1, -0.05) is 0 Å². The van der Waals surface area contributed by atoms with Gasteiger partial charge in [0, 0.05) is 19.2 Å². The van der Waals surface area contributed by atoms with Crippen LogP contribution in [0.5, 0.6) is 17.2 Å². The molecule has 1 unspecified atom stereocenters. The molecular formula is C23H28N2O8S. The first-order valence-electron chi connectivity index (χ1n) is 10.7. The number of nitrogens with zero attached hydrogens (tertiary/aromatic N) is 1. The van der Waals surface area contributed by atoms with Crippen molar-refractivity contribution in [1.82, 2.24) is 4.90 Å². The Balaban J connectivity index is 1.75. The van der Waals surface area contributed by atoms with Crippen LogP contribution >= 0.6 is 11.3 Å². The third-order valence-corrected chi connectivity index (χ3v) is 7.11. The van der Waals surface area contributed by atoms with Gasteiger partial charge in [-0.3, -0.25) is 4.90 Å². The molecule has 3 heterocycles. The molecule has 1 atom stereocenters. The summed E-state index contributed by atoms with van der Waals surface area (Å²) in [4.78, 5) is 27.8. The SMILES string of the molecule is COCCOC(=O)c1sc(NC2c3c(cc4c(c3OC)OCO4)CCN2C)c(C(=O)OC)c1C. The lowest BCUT2D eigenvalue weighted by molar-refractivity contribution is 0.0392. The Morgan fingerprint density at radius 1 is 1.21 bits per heavy atom. The minimum atomic E-state index is -0.538. The first kappa shape index (κ1) is 24.1. The molecule has 184 valence electrons. The van der Waals surface area contributed by atoms with Gasteiger partial charge in [-0.25, -0.2) is 9.59 Å². The molecule has 0 saturated heterocycles. The molecule has 0 fully saturated rings. The number of benzene rings is 1. The van der Waals surface area contributed by atoms with Gasteiger partial charge in [0.15, 0.2) is 11.5 Å². The Morgan fingerprint density at radius 3 is 2.71 bits per heavy atom. The van der Waals surface area contributed by atoms with Gasteiger partial charge in [-0.05, 0) is 37.6 Å². The van der Waals surface area contributed by atoms with Gasteiger partial charge in [0.05, 0.1) is 26.4 Å². The van der Waals surface area contributed by atoms with Crippen LogP contribution in [0.1, 0.15) is 42.9 Å². The molecule has 0 amide bonds. The molecule has 0 aliphatic carbocycles. The van der Waals surface area contributed by atoms with Gasteiger partial charge in [0.1, 0.15) is 22.7 Å². The van der Waals surface area contributed by atoms with E-state index in [9.17, 15) is 9.59 Å². The fourth-order valence-corrected chi connectivity index (χ4v) is 5.29. The van der Waals surface area contributed by atoms with Crippen molar-refractivity contribution >= 4 is 28.3 Å². The van der Waals surface area contributed by atoms with Crippen LogP contribution in [0.4, 0.5) is 5.00 Å². The molecule has 4 rings (SSSR count). The van der Waals surface area contributed by atoms with Crippen molar-refractivity contribution in [1.29, 1.82) is 0 Å². The maximum absolute atomic E-state index is 12.7. The molecule has 10 nitrogen and oxygen atoms in total. The van der Waals surface area contributed by atoms with E-state index in [-0.39, 0.29) is 26.2 Å². The third kappa shape index (κ3) is 4.26. The smallest absolute Gasteiger partial charge is 0.348 e. The van der Waals surface area contributed by atoms with Crippen molar-refractivity contribution in [3.63, 3.8) is 0 Å². The van der Waals surface area contributed by atoms with Crippen LogP contribution < -0.4 is 19.5 Å². The molecule has 0 bridgehead atoms. The zero-order valence-corrected chi connectivity index (χ0v) is 20.6. The van der Waals surface area contributed by atoms with Crippen LogP contribution in [-0.4, -0.2) is 71.8 Å². The second-order valence-electron chi connectivity index (χ2n) is 7.87. The molecule has 2 aromatic rings. The fraction of sp³-hybridized carbons (Fsp3) is 0.478. The molecule has 0 radical (unpaired) electrons. The van der Waals surface area contributed by atoms with E-state index in [1.807, 2.05) is 13.1 Å². The number of thiophene rings is 1. The standard InChI is InChI=1S/C23H28N2O8S/c1-12-15(22(26)30-5)21(34-19(12)23(27)31-9-8-28-3)24-20-16-13(6-7-25(20)2)10-14-17(18(16)29-4)33-11-32-14/h10,20,24H,6-9,11H2,1-5H3. The molecular weight excluding hydrogens is 464 g/mol. The zero-order valence-electron chi connectivity index (χ0n) is 19.8. The number of carbonyl (C=O) groups is 2. The van der Waals surface area contributed by atoms with Gasteiger partial charge < -0.3 is 33.7 Å². The van der Waals surface area contributed by atoms with E-state index in [2.05, 4.69) is 10.2 Å². The summed E-state index contributed by atoms with van der Waals surface area (Å²) in [5.74, 6) is 0.740. The molecule has 2 aliphatic rings. The maximum Gasteiger partial charge on any atom is 0.348 e. The van der Waals surface area contributed by atoms with Crippen molar-refractivity contribution in [3.05, 3.63) is 33.2 Å². The highest BCUT2D eigenvalue weighted by Gasteiger charge is 2.36. The van der Waals surface area contributed by atoms with Crippen molar-refractivity contribution in [3.8, 4) is 17.2 Å². The molecule has 1 aromatic heterocycles. The van der Waals surface area contributed by atoms with E-state index in [0.29, 0.717) is 38.3 Å². The number of anilines is 1. The van der Waals surface area contributed by atoms with E-state index in [0.717, 1.165) is 35.4 Å². The molecule has 0 saturated carbocycles. The van der Waals surface area contributed by atoms with Gasteiger partial charge in [-0.15, -0.1) is 11.3 Å². The average Bonchev–Trinajstić information content (AvgIpc) is 3.43. The van der Waals surface area contributed by atoms with Gasteiger partial charge in [0.2, 0.25) is 12.5 Å². The number of fused-ring (bicyclic) bond motifs is 2. The Kier molecular flexibility index (Phi) is 7.15. The van der Waals surface area contributed by atoms with Crippen LogP contribution in [0.3, 0.4) is 0 Å². The second-order valence-corrected chi connectivity index (χ2v) is 8.90. The third-order valence-electron chi connectivity index (χ3n) is 5.91. The fourth-order valence-electron chi connectivity index (χ4n) is 4.18. The zero-order chi connectivity index (χ0) is 24.4. The Bertz CT molecular complexity index is 1100. The summed E-state index contributed by atoms with van der Waals surface area (Å²) >= 11 is 1.15. The van der Waals surface area contributed by atoms with Gasteiger partial charge >= 0.3 is 11.9 Å². The van der Waals surface area contributed by atoms with Crippen molar-refractivity contribution in [2.24, 2.45) is 0 Å². The van der Waals surface area contributed by atoms with E-state index >= 15 is 0 Å². The first-order chi connectivity index (χ1) is 16.4. The van der Waals surface area contributed by atoms with E-state index in [1.165, 1.54) is 14.2 Å². The number of rotatable bonds is 8. The summed E-state index contributed by atoms with van der Waals surface area (Å²) in [7, 11) is 6.40. The average molecular weight is 493 g/mol. The summed E-state index contributed by atoms with van der Waals surface area (Å²) < 4.78 is 32.3. The first-order valence-corrected chi connectivity index (χ1v) is 11.6. The monoisotopic (exact) mass is 492 g/mol. The van der Waals surface area contributed by atoms with Gasteiger partial charge in [-0.2, -0.15) is 0 Å².